The quantitative estimate of drug-likeness (QED) is 0.884. The molecule has 2 rings (SSSR count). The summed E-state index contributed by atoms with van der Waals surface area (Å²) < 4.78 is 1.91. The van der Waals surface area contributed by atoms with E-state index in [1.165, 1.54) is 0 Å². The van der Waals surface area contributed by atoms with Crippen LogP contribution in [0.5, 0.6) is 0 Å². The van der Waals surface area contributed by atoms with Crippen LogP contribution in [0.4, 0.5) is 0 Å². The van der Waals surface area contributed by atoms with E-state index in [9.17, 15) is 4.79 Å². The zero-order valence-corrected chi connectivity index (χ0v) is 11.6. The van der Waals surface area contributed by atoms with Crippen LogP contribution in [-0.4, -0.2) is 29.6 Å². The van der Waals surface area contributed by atoms with Crippen molar-refractivity contribution in [3.63, 3.8) is 0 Å². The van der Waals surface area contributed by atoms with Gasteiger partial charge in [-0.3, -0.25) is 4.79 Å². The van der Waals surface area contributed by atoms with Gasteiger partial charge in [-0.1, -0.05) is 11.6 Å². The minimum Gasteiger partial charge on any atom is -0.347 e. The van der Waals surface area contributed by atoms with E-state index in [0.717, 1.165) is 25.9 Å². The Kier molecular flexibility index (Phi) is 4.30. The lowest BCUT2D eigenvalue weighted by atomic mass is 10.1. The van der Waals surface area contributed by atoms with Gasteiger partial charge in [-0.15, -0.1) is 0 Å². The lowest BCUT2D eigenvalue weighted by Gasteiger charge is -2.24. The maximum atomic E-state index is 12.2. The van der Waals surface area contributed by atoms with E-state index >= 15 is 0 Å². The first-order valence-electron chi connectivity index (χ1n) is 6.47. The van der Waals surface area contributed by atoms with Crippen molar-refractivity contribution in [2.75, 3.05) is 13.1 Å². The number of piperidine rings is 1. The van der Waals surface area contributed by atoms with Crippen molar-refractivity contribution < 1.29 is 4.79 Å². The van der Waals surface area contributed by atoms with Crippen LogP contribution in [0.1, 0.15) is 43.2 Å². The molecule has 2 heterocycles. The van der Waals surface area contributed by atoms with E-state index in [1.807, 2.05) is 18.4 Å². The molecule has 0 spiro atoms. The largest absolute Gasteiger partial charge is 0.347 e. The first-order chi connectivity index (χ1) is 8.58. The van der Waals surface area contributed by atoms with Crippen molar-refractivity contribution >= 4 is 17.5 Å². The molecular formula is C13H20ClN3O. The highest BCUT2D eigenvalue weighted by Crippen LogP contribution is 2.19. The molecule has 1 aromatic heterocycles. The van der Waals surface area contributed by atoms with Gasteiger partial charge >= 0.3 is 0 Å². The van der Waals surface area contributed by atoms with Gasteiger partial charge in [-0.25, -0.2) is 0 Å². The number of amides is 1. The van der Waals surface area contributed by atoms with Gasteiger partial charge in [-0.2, -0.15) is 0 Å². The average Bonchev–Trinajstić information content (AvgIpc) is 2.73. The standard InChI is InChI=1S/C13H20ClN3O/c1-9(2)17-8-10(14)6-12(17)13(18)16-11-4-3-5-15-7-11/h6,8-9,11,15H,3-5,7H2,1-2H3,(H,16,18). The number of nitrogens with zero attached hydrogens (tertiary/aromatic N) is 1. The number of hydrogen-bond acceptors (Lipinski definition) is 2. The summed E-state index contributed by atoms with van der Waals surface area (Å²) >= 11 is 5.98. The predicted octanol–water partition coefficient (Wildman–Crippen LogP) is 2.20. The number of rotatable bonds is 3. The summed E-state index contributed by atoms with van der Waals surface area (Å²) in [5, 5.41) is 6.96. The molecule has 1 unspecified atom stereocenters. The summed E-state index contributed by atoms with van der Waals surface area (Å²) in [7, 11) is 0. The summed E-state index contributed by atoms with van der Waals surface area (Å²) in [6.45, 7) is 5.97. The summed E-state index contributed by atoms with van der Waals surface area (Å²) in [4.78, 5) is 12.2. The lowest BCUT2D eigenvalue weighted by Crippen LogP contribution is -2.46. The van der Waals surface area contributed by atoms with Gasteiger partial charge in [0.1, 0.15) is 5.69 Å². The Morgan fingerprint density at radius 1 is 1.61 bits per heavy atom. The van der Waals surface area contributed by atoms with Crippen LogP contribution in [0.15, 0.2) is 12.3 Å². The number of carbonyl (C=O) groups excluding carboxylic acids is 1. The van der Waals surface area contributed by atoms with Gasteiger partial charge in [-0.05, 0) is 39.3 Å². The minimum atomic E-state index is -0.0377. The van der Waals surface area contributed by atoms with Crippen LogP contribution < -0.4 is 10.6 Å². The van der Waals surface area contributed by atoms with E-state index in [0.29, 0.717) is 10.7 Å². The zero-order valence-electron chi connectivity index (χ0n) is 10.9. The fourth-order valence-electron chi connectivity index (χ4n) is 2.29. The van der Waals surface area contributed by atoms with Crippen LogP contribution in [0.25, 0.3) is 0 Å². The second kappa shape index (κ2) is 5.76. The topological polar surface area (TPSA) is 46.1 Å². The molecule has 1 atom stereocenters. The second-order valence-electron chi connectivity index (χ2n) is 5.06. The van der Waals surface area contributed by atoms with Crippen LogP contribution >= 0.6 is 11.6 Å². The molecule has 18 heavy (non-hydrogen) atoms. The highest BCUT2D eigenvalue weighted by Gasteiger charge is 2.19. The van der Waals surface area contributed by atoms with E-state index in [2.05, 4.69) is 10.6 Å². The first kappa shape index (κ1) is 13.4. The van der Waals surface area contributed by atoms with Crippen LogP contribution in [0.3, 0.4) is 0 Å². The Labute approximate surface area is 113 Å². The third kappa shape index (κ3) is 3.06. The smallest absolute Gasteiger partial charge is 0.268 e. The maximum Gasteiger partial charge on any atom is 0.268 e. The highest BCUT2D eigenvalue weighted by atomic mass is 35.5. The molecule has 5 heteroatoms. The predicted molar refractivity (Wildman–Crippen MR) is 73.2 cm³/mol. The summed E-state index contributed by atoms with van der Waals surface area (Å²) in [6, 6.07) is 2.18. The Morgan fingerprint density at radius 3 is 3.00 bits per heavy atom. The Morgan fingerprint density at radius 2 is 2.39 bits per heavy atom. The third-order valence-corrected chi connectivity index (χ3v) is 3.44. The molecular weight excluding hydrogens is 250 g/mol. The number of halogens is 1. The van der Waals surface area contributed by atoms with Crippen molar-refractivity contribution in [1.82, 2.24) is 15.2 Å². The van der Waals surface area contributed by atoms with Crippen molar-refractivity contribution in [1.29, 1.82) is 0 Å². The van der Waals surface area contributed by atoms with E-state index in [4.69, 9.17) is 11.6 Å². The van der Waals surface area contributed by atoms with Gasteiger partial charge < -0.3 is 15.2 Å². The van der Waals surface area contributed by atoms with Crippen LogP contribution in [0, 0.1) is 0 Å². The third-order valence-electron chi connectivity index (χ3n) is 3.24. The van der Waals surface area contributed by atoms with Crippen LogP contribution in [0.2, 0.25) is 5.02 Å². The molecule has 1 amide bonds. The molecule has 0 aromatic carbocycles. The SMILES string of the molecule is CC(C)n1cc(Cl)cc1C(=O)NC1CCCNC1. The number of carbonyl (C=O) groups is 1. The number of hydrogen-bond donors (Lipinski definition) is 2. The molecule has 1 aliphatic rings. The number of aromatic nitrogens is 1. The first-order valence-corrected chi connectivity index (χ1v) is 6.84. The maximum absolute atomic E-state index is 12.2. The number of nitrogens with one attached hydrogen (secondary N) is 2. The molecule has 1 aliphatic heterocycles. The molecule has 2 N–H and O–H groups in total. The molecule has 1 fully saturated rings. The average molecular weight is 270 g/mol. The summed E-state index contributed by atoms with van der Waals surface area (Å²) in [5.74, 6) is -0.0377. The van der Waals surface area contributed by atoms with Gasteiger partial charge in [0, 0.05) is 24.8 Å². The van der Waals surface area contributed by atoms with Gasteiger partial charge in [0.2, 0.25) is 0 Å². The van der Waals surface area contributed by atoms with E-state index in [-0.39, 0.29) is 18.0 Å². The van der Waals surface area contributed by atoms with E-state index in [1.54, 1.807) is 12.3 Å². The zero-order chi connectivity index (χ0) is 13.1. The highest BCUT2D eigenvalue weighted by molar-refractivity contribution is 6.31. The van der Waals surface area contributed by atoms with Crippen LogP contribution in [-0.2, 0) is 0 Å². The molecule has 1 saturated heterocycles. The van der Waals surface area contributed by atoms with Gasteiger partial charge in [0.05, 0.1) is 5.02 Å². The van der Waals surface area contributed by atoms with Gasteiger partial charge in [0.25, 0.3) is 5.91 Å². The minimum absolute atomic E-state index is 0.0377. The molecule has 1 aromatic rings. The molecule has 0 bridgehead atoms. The monoisotopic (exact) mass is 269 g/mol. The normalized spacial score (nSPS) is 20.1. The molecule has 4 nitrogen and oxygen atoms in total. The van der Waals surface area contributed by atoms with Crippen molar-refractivity contribution in [2.45, 2.75) is 38.8 Å². The van der Waals surface area contributed by atoms with E-state index < -0.39 is 0 Å². The Bertz CT molecular complexity index is 422. The van der Waals surface area contributed by atoms with Crippen molar-refractivity contribution in [3.8, 4) is 0 Å². The van der Waals surface area contributed by atoms with Crippen molar-refractivity contribution in [3.05, 3.63) is 23.0 Å². The summed E-state index contributed by atoms with van der Waals surface area (Å²) in [6.07, 6.45) is 3.95. The fourth-order valence-corrected chi connectivity index (χ4v) is 2.50. The lowest BCUT2D eigenvalue weighted by molar-refractivity contribution is 0.0920. The second-order valence-corrected chi connectivity index (χ2v) is 5.50. The molecule has 100 valence electrons. The molecule has 0 radical (unpaired) electrons. The molecule has 0 aliphatic carbocycles. The van der Waals surface area contributed by atoms with Gasteiger partial charge in [0.15, 0.2) is 0 Å². The fraction of sp³-hybridized carbons (Fsp3) is 0.615. The summed E-state index contributed by atoms with van der Waals surface area (Å²) in [5.41, 5.74) is 0.639. The Hall–Kier alpha value is -1.00. The Balaban J connectivity index is 2.08. The molecule has 0 saturated carbocycles. The van der Waals surface area contributed by atoms with Crippen molar-refractivity contribution in [2.24, 2.45) is 0 Å².